The van der Waals surface area contributed by atoms with Crippen LogP contribution in [0.25, 0.3) is 0 Å². The smallest absolute Gasteiger partial charge is 0.407 e. The maximum Gasteiger partial charge on any atom is 0.407 e. The van der Waals surface area contributed by atoms with E-state index in [0.29, 0.717) is 13.1 Å². The summed E-state index contributed by atoms with van der Waals surface area (Å²) < 4.78 is 5.20. The van der Waals surface area contributed by atoms with E-state index in [0.717, 1.165) is 12.8 Å². The molecule has 1 aliphatic rings. The van der Waals surface area contributed by atoms with Crippen molar-refractivity contribution < 1.29 is 14.3 Å². The fraction of sp³-hybridized carbons (Fsp3) is 0.867. The summed E-state index contributed by atoms with van der Waals surface area (Å²) in [5.74, 6) is 0.0797. The Morgan fingerprint density at radius 2 is 2.00 bits per heavy atom. The van der Waals surface area contributed by atoms with Gasteiger partial charge in [0.2, 0.25) is 5.91 Å². The van der Waals surface area contributed by atoms with E-state index in [4.69, 9.17) is 10.5 Å². The summed E-state index contributed by atoms with van der Waals surface area (Å²) in [6.07, 6.45) is 1.37. The molecule has 2 atom stereocenters. The first kappa shape index (κ1) is 17.8. The average molecular weight is 299 g/mol. The zero-order chi connectivity index (χ0) is 16.2. The third-order valence-electron chi connectivity index (χ3n) is 3.54. The lowest BCUT2D eigenvalue weighted by molar-refractivity contribution is -0.134. The lowest BCUT2D eigenvalue weighted by Gasteiger charge is -2.29. The van der Waals surface area contributed by atoms with Crippen LogP contribution in [0.5, 0.6) is 0 Å². The molecule has 1 fully saturated rings. The number of carbonyl (C=O) groups excluding carboxylic acids is 2. The molecule has 0 bridgehead atoms. The summed E-state index contributed by atoms with van der Waals surface area (Å²) in [6, 6.07) is -0.470. The molecule has 6 heteroatoms. The maximum atomic E-state index is 12.3. The molecule has 1 rings (SSSR count). The molecular formula is C15H29N3O3. The van der Waals surface area contributed by atoms with E-state index < -0.39 is 17.7 Å². The quantitative estimate of drug-likeness (QED) is 0.823. The van der Waals surface area contributed by atoms with Gasteiger partial charge in [-0.3, -0.25) is 4.79 Å². The van der Waals surface area contributed by atoms with Crippen LogP contribution < -0.4 is 11.1 Å². The van der Waals surface area contributed by atoms with E-state index in [1.165, 1.54) is 0 Å². The van der Waals surface area contributed by atoms with Crippen LogP contribution in [0, 0.1) is 5.92 Å². The zero-order valence-corrected chi connectivity index (χ0v) is 13.8. The number of rotatable bonds is 4. The molecule has 1 aliphatic heterocycles. The highest BCUT2D eigenvalue weighted by atomic mass is 16.6. The first-order valence-corrected chi connectivity index (χ1v) is 7.64. The molecule has 3 N–H and O–H groups in total. The van der Waals surface area contributed by atoms with Gasteiger partial charge in [-0.1, -0.05) is 13.8 Å². The first-order chi connectivity index (χ1) is 9.61. The van der Waals surface area contributed by atoms with Gasteiger partial charge < -0.3 is 20.7 Å². The van der Waals surface area contributed by atoms with Crippen molar-refractivity contribution in [3.8, 4) is 0 Å². The summed E-state index contributed by atoms with van der Waals surface area (Å²) in [5.41, 5.74) is 5.42. The third-order valence-corrected chi connectivity index (χ3v) is 3.54. The average Bonchev–Trinajstić information content (AvgIpc) is 2.80. The lowest BCUT2D eigenvalue weighted by atomic mass is 10.0. The third kappa shape index (κ3) is 5.53. The molecule has 1 saturated heterocycles. The number of likely N-dealkylation sites (tertiary alicyclic amines) is 1. The van der Waals surface area contributed by atoms with Crippen LogP contribution >= 0.6 is 0 Å². The summed E-state index contributed by atoms with van der Waals surface area (Å²) in [4.78, 5) is 25.8. The van der Waals surface area contributed by atoms with E-state index in [1.807, 2.05) is 34.6 Å². The van der Waals surface area contributed by atoms with Crippen molar-refractivity contribution in [2.24, 2.45) is 11.7 Å². The summed E-state index contributed by atoms with van der Waals surface area (Å²) in [7, 11) is 0. The van der Waals surface area contributed by atoms with Gasteiger partial charge in [0, 0.05) is 19.1 Å². The Labute approximate surface area is 127 Å². The number of ether oxygens (including phenoxy) is 1. The predicted molar refractivity (Wildman–Crippen MR) is 81.8 cm³/mol. The highest BCUT2D eigenvalue weighted by Crippen LogP contribution is 2.19. The normalized spacial score (nSPS) is 20.5. The fourth-order valence-corrected chi connectivity index (χ4v) is 2.33. The van der Waals surface area contributed by atoms with E-state index in [1.54, 1.807) is 4.90 Å². The van der Waals surface area contributed by atoms with E-state index in [2.05, 4.69) is 5.32 Å². The van der Waals surface area contributed by atoms with Crippen molar-refractivity contribution in [2.45, 2.75) is 65.1 Å². The topological polar surface area (TPSA) is 84.7 Å². The van der Waals surface area contributed by atoms with Gasteiger partial charge in [-0.05, 0) is 39.5 Å². The molecule has 21 heavy (non-hydrogen) atoms. The Bertz CT molecular complexity index is 377. The van der Waals surface area contributed by atoms with Gasteiger partial charge in [-0.2, -0.15) is 0 Å². The SMILES string of the molecule is CC(C)C(N)C(=O)N1CCCC1CNC(=O)OC(C)(C)C. The van der Waals surface area contributed by atoms with Gasteiger partial charge in [0.25, 0.3) is 0 Å². The molecule has 0 saturated carbocycles. The standard InChI is InChI=1S/C15H29N3O3/c1-10(2)12(16)13(19)18-8-6-7-11(18)9-17-14(20)21-15(3,4)5/h10-12H,6-9,16H2,1-5H3,(H,17,20). The summed E-state index contributed by atoms with van der Waals surface area (Å²) in [5, 5.41) is 2.74. The number of nitrogens with two attached hydrogens (primary N) is 1. The molecule has 0 radical (unpaired) electrons. The van der Waals surface area contributed by atoms with Gasteiger partial charge >= 0.3 is 6.09 Å². The number of carbonyl (C=O) groups is 2. The molecule has 122 valence electrons. The number of nitrogens with one attached hydrogen (secondary N) is 1. The van der Waals surface area contributed by atoms with Crippen LogP contribution in [0.4, 0.5) is 4.79 Å². The van der Waals surface area contributed by atoms with Crippen LogP contribution in [-0.2, 0) is 9.53 Å². The van der Waals surface area contributed by atoms with Crippen LogP contribution in [0.2, 0.25) is 0 Å². The van der Waals surface area contributed by atoms with Crippen molar-refractivity contribution >= 4 is 12.0 Å². The second-order valence-corrected chi connectivity index (χ2v) is 6.98. The van der Waals surface area contributed by atoms with Gasteiger partial charge in [-0.15, -0.1) is 0 Å². The van der Waals surface area contributed by atoms with Crippen LogP contribution in [-0.4, -0.2) is 47.7 Å². The van der Waals surface area contributed by atoms with E-state index in [9.17, 15) is 9.59 Å². The lowest BCUT2D eigenvalue weighted by Crippen LogP contribution is -2.51. The van der Waals surface area contributed by atoms with Gasteiger partial charge in [0.15, 0.2) is 0 Å². The number of alkyl carbamates (subject to hydrolysis) is 1. The van der Waals surface area contributed by atoms with Crippen molar-refractivity contribution in [2.75, 3.05) is 13.1 Å². The van der Waals surface area contributed by atoms with Crippen molar-refractivity contribution in [3.63, 3.8) is 0 Å². The minimum atomic E-state index is -0.519. The Hall–Kier alpha value is -1.30. The summed E-state index contributed by atoms with van der Waals surface area (Å²) >= 11 is 0. The second kappa shape index (κ2) is 7.11. The number of nitrogens with zero attached hydrogens (tertiary/aromatic N) is 1. The van der Waals surface area contributed by atoms with E-state index >= 15 is 0 Å². The largest absolute Gasteiger partial charge is 0.444 e. The minimum Gasteiger partial charge on any atom is -0.444 e. The molecular weight excluding hydrogens is 270 g/mol. The van der Waals surface area contributed by atoms with Crippen molar-refractivity contribution in [1.82, 2.24) is 10.2 Å². The van der Waals surface area contributed by atoms with Crippen LogP contribution in [0.15, 0.2) is 0 Å². The fourth-order valence-electron chi connectivity index (χ4n) is 2.33. The Kier molecular flexibility index (Phi) is 6.01. The minimum absolute atomic E-state index is 0.00909. The van der Waals surface area contributed by atoms with E-state index in [-0.39, 0.29) is 17.9 Å². The summed E-state index contributed by atoms with van der Waals surface area (Å²) in [6.45, 7) is 10.4. The molecule has 6 nitrogen and oxygen atoms in total. The number of amides is 2. The maximum absolute atomic E-state index is 12.3. The monoisotopic (exact) mass is 299 g/mol. The highest BCUT2D eigenvalue weighted by molar-refractivity contribution is 5.82. The molecule has 0 aliphatic carbocycles. The van der Waals surface area contributed by atoms with Gasteiger partial charge in [0.1, 0.15) is 5.60 Å². The second-order valence-electron chi connectivity index (χ2n) is 6.98. The highest BCUT2D eigenvalue weighted by Gasteiger charge is 2.33. The number of hydrogen-bond acceptors (Lipinski definition) is 4. The zero-order valence-electron chi connectivity index (χ0n) is 13.8. The molecule has 1 heterocycles. The molecule has 0 aromatic rings. The van der Waals surface area contributed by atoms with Gasteiger partial charge in [-0.25, -0.2) is 4.79 Å². The Morgan fingerprint density at radius 1 is 1.38 bits per heavy atom. The molecule has 2 unspecified atom stereocenters. The Balaban J connectivity index is 2.51. The molecule has 0 aromatic heterocycles. The molecule has 0 spiro atoms. The predicted octanol–water partition coefficient (Wildman–Crippen LogP) is 1.49. The molecule has 0 aromatic carbocycles. The van der Waals surface area contributed by atoms with Crippen molar-refractivity contribution in [3.05, 3.63) is 0 Å². The Morgan fingerprint density at radius 3 is 2.52 bits per heavy atom. The molecule has 2 amide bonds. The number of hydrogen-bond donors (Lipinski definition) is 2. The first-order valence-electron chi connectivity index (χ1n) is 7.64. The van der Waals surface area contributed by atoms with Crippen molar-refractivity contribution in [1.29, 1.82) is 0 Å². The van der Waals surface area contributed by atoms with Gasteiger partial charge in [0.05, 0.1) is 6.04 Å². The van der Waals surface area contributed by atoms with Crippen LogP contribution in [0.1, 0.15) is 47.5 Å². The van der Waals surface area contributed by atoms with Crippen LogP contribution in [0.3, 0.4) is 0 Å².